The van der Waals surface area contributed by atoms with E-state index in [9.17, 15) is 4.79 Å². The van der Waals surface area contributed by atoms with E-state index in [2.05, 4.69) is 4.99 Å². The minimum Gasteiger partial charge on any atom is -0.392 e. The molecule has 0 aromatic rings. The molecule has 0 rings (SSSR count). The maximum atomic E-state index is 9.86. The van der Waals surface area contributed by atoms with E-state index >= 15 is 0 Å². The number of aliphatic hydroxyl groups excluding tert-OH is 1. The molecule has 3 heteroatoms. The van der Waals surface area contributed by atoms with Crippen molar-refractivity contribution in [2.24, 2.45) is 4.99 Å². The lowest BCUT2D eigenvalue weighted by Crippen LogP contribution is -1.83. The van der Waals surface area contributed by atoms with Gasteiger partial charge < -0.3 is 5.11 Å². The summed E-state index contributed by atoms with van der Waals surface area (Å²) in [6, 6.07) is 0. The Bertz CT molecular complexity index is 222. The topological polar surface area (TPSA) is 49.7 Å². The van der Waals surface area contributed by atoms with E-state index in [1.807, 2.05) is 0 Å². The summed E-state index contributed by atoms with van der Waals surface area (Å²) in [4.78, 5) is 13.3. The van der Waals surface area contributed by atoms with Crippen LogP contribution >= 0.6 is 0 Å². The Kier molecular flexibility index (Phi) is 4.99. The molecule has 0 spiro atoms. The zero-order valence-electron chi connectivity index (χ0n) is 6.66. The zero-order chi connectivity index (χ0) is 8.69. The highest BCUT2D eigenvalue weighted by Gasteiger charge is 1.93. The van der Waals surface area contributed by atoms with Crippen molar-refractivity contribution < 1.29 is 9.90 Å². The Morgan fingerprint density at radius 3 is 2.73 bits per heavy atom. The molecule has 3 nitrogen and oxygen atoms in total. The van der Waals surface area contributed by atoms with Crippen molar-refractivity contribution in [2.45, 2.75) is 13.8 Å². The smallest absolute Gasteiger partial charge is 0.240 e. The first-order chi connectivity index (χ1) is 5.26. The van der Waals surface area contributed by atoms with E-state index in [4.69, 9.17) is 5.11 Å². The van der Waals surface area contributed by atoms with Crippen LogP contribution < -0.4 is 0 Å². The van der Waals surface area contributed by atoms with Gasteiger partial charge in [-0.05, 0) is 19.4 Å². The van der Waals surface area contributed by atoms with Crippen LogP contribution in [-0.2, 0) is 4.79 Å². The number of aliphatic hydroxyl groups is 1. The lowest BCUT2D eigenvalue weighted by atomic mass is 10.2. The molecule has 0 heterocycles. The second-order valence-corrected chi connectivity index (χ2v) is 1.95. The monoisotopic (exact) mass is 153 g/mol. The van der Waals surface area contributed by atoms with Crippen LogP contribution in [0.25, 0.3) is 0 Å². The van der Waals surface area contributed by atoms with Gasteiger partial charge in [0.25, 0.3) is 0 Å². The first-order valence-corrected chi connectivity index (χ1v) is 3.28. The fourth-order valence-electron chi connectivity index (χ4n) is 0.671. The van der Waals surface area contributed by atoms with Crippen LogP contribution in [0.15, 0.2) is 28.4 Å². The highest BCUT2D eigenvalue weighted by molar-refractivity contribution is 5.42. The highest BCUT2D eigenvalue weighted by Crippen LogP contribution is 2.08. The molecule has 60 valence electrons. The number of allylic oxidation sites excluding steroid dienone is 2. The molecule has 0 amide bonds. The largest absolute Gasteiger partial charge is 0.392 e. The summed E-state index contributed by atoms with van der Waals surface area (Å²) >= 11 is 0. The van der Waals surface area contributed by atoms with E-state index in [1.54, 1.807) is 26.0 Å². The Labute approximate surface area is 65.8 Å². The fraction of sp³-hybridized carbons (Fsp3) is 0.375. The maximum Gasteiger partial charge on any atom is 0.240 e. The third-order valence-corrected chi connectivity index (χ3v) is 1.24. The number of hydrogen-bond acceptors (Lipinski definition) is 3. The molecule has 0 aliphatic heterocycles. The van der Waals surface area contributed by atoms with E-state index in [1.165, 1.54) is 6.08 Å². The standard InChI is InChI=1S/C8H11NO2/c1-3-8(9-6-11)7(2)4-5-10/h3-4,10H,5H2,1-2H3/b7-4-,8-3+. The number of aliphatic imine (C=N–C) groups is 1. The van der Waals surface area contributed by atoms with Gasteiger partial charge in [0.1, 0.15) is 0 Å². The minimum absolute atomic E-state index is 0.0441. The summed E-state index contributed by atoms with van der Waals surface area (Å²) in [7, 11) is 0. The summed E-state index contributed by atoms with van der Waals surface area (Å²) in [6.45, 7) is 3.49. The normalized spacial score (nSPS) is 12.6. The molecule has 1 N–H and O–H groups in total. The minimum atomic E-state index is -0.0441. The zero-order valence-corrected chi connectivity index (χ0v) is 6.66. The lowest BCUT2D eigenvalue weighted by molar-refractivity contribution is 0.342. The SMILES string of the molecule is C/C=C(N=C=O)\C(C)=C/CO. The van der Waals surface area contributed by atoms with Crippen molar-refractivity contribution >= 4 is 6.08 Å². The summed E-state index contributed by atoms with van der Waals surface area (Å²) in [5, 5.41) is 8.51. The fourth-order valence-corrected chi connectivity index (χ4v) is 0.671. The van der Waals surface area contributed by atoms with Crippen LogP contribution in [-0.4, -0.2) is 17.8 Å². The molecular formula is C8H11NO2. The van der Waals surface area contributed by atoms with Crippen molar-refractivity contribution in [3.8, 4) is 0 Å². The Morgan fingerprint density at radius 1 is 1.73 bits per heavy atom. The molecule has 0 aromatic carbocycles. The second kappa shape index (κ2) is 5.59. The molecule has 11 heavy (non-hydrogen) atoms. The molecular weight excluding hydrogens is 142 g/mol. The molecule has 0 bridgehead atoms. The van der Waals surface area contributed by atoms with Gasteiger partial charge in [0.2, 0.25) is 6.08 Å². The van der Waals surface area contributed by atoms with Gasteiger partial charge in [-0.1, -0.05) is 12.2 Å². The van der Waals surface area contributed by atoms with Gasteiger partial charge >= 0.3 is 0 Å². The van der Waals surface area contributed by atoms with Gasteiger partial charge in [-0.3, -0.25) is 0 Å². The van der Waals surface area contributed by atoms with Crippen LogP contribution in [0.3, 0.4) is 0 Å². The maximum absolute atomic E-state index is 9.86. The number of hydrogen-bond donors (Lipinski definition) is 1. The molecule has 0 radical (unpaired) electrons. The lowest BCUT2D eigenvalue weighted by Gasteiger charge is -1.96. The summed E-state index contributed by atoms with van der Waals surface area (Å²) < 4.78 is 0. The first kappa shape index (κ1) is 9.82. The molecule has 0 atom stereocenters. The number of rotatable bonds is 3. The molecule has 0 aromatic heterocycles. The Balaban J connectivity index is 4.53. The van der Waals surface area contributed by atoms with Gasteiger partial charge in [0, 0.05) is 0 Å². The Hall–Kier alpha value is -1.18. The van der Waals surface area contributed by atoms with Crippen LogP contribution in [0.2, 0.25) is 0 Å². The third-order valence-electron chi connectivity index (χ3n) is 1.24. The van der Waals surface area contributed by atoms with E-state index in [-0.39, 0.29) is 6.61 Å². The molecule has 0 fully saturated rings. The molecule has 0 saturated heterocycles. The van der Waals surface area contributed by atoms with Crippen LogP contribution in [0.1, 0.15) is 13.8 Å². The molecule has 0 aliphatic carbocycles. The number of carbonyl (C=O) groups excluding carboxylic acids is 1. The highest BCUT2D eigenvalue weighted by atomic mass is 16.2. The van der Waals surface area contributed by atoms with E-state index in [0.717, 1.165) is 5.57 Å². The van der Waals surface area contributed by atoms with E-state index in [0.29, 0.717) is 5.70 Å². The van der Waals surface area contributed by atoms with E-state index < -0.39 is 0 Å². The van der Waals surface area contributed by atoms with Gasteiger partial charge in [0.05, 0.1) is 12.3 Å². The van der Waals surface area contributed by atoms with Crippen molar-refractivity contribution in [1.82, 2.24) is 0 Å². The van der Waals surface area contributed by atoms with Crippen molar-refractivity contribution in [1.29, 1.82) is 0 Å². The van der Waals surface area contributed by atoms with Gasteiger partial charge in [-0.25, -0.2) is 4.79 Å². The predicted molar refractivity (Wildman–Crippen MR) is 42.7 cm³/mol. The predicted octanol–water partition coefficient (Wildman–Crippen LogP) is 1.16. The molecule has 0 unspecified atom stereocenters. The van der Waals surface area contributed by atoms with Crippen LogP contribution in [0.5, 0.6) is 0 Å². The second-order valence-electron chi connectivity index (χ2n) is 1.95. The van der Waals surface area contributed by atoms with Crippen molar-refractivity contribution in [2.75, 3.05) is 6.61 Å². The van der Waals surface area contributed by atoms with Gasteiger partial charge in [0.15, 0.2) is 0 Å². The molecule has 0 aliphatic rings. The summed E-state index contributed by atoms with van der Waals surface area (Å²) in [5.41, 5.74) is 1.33. The average Bonchev–Trinajstić information content (AvgIpc) is 2.00. The Morgan fingerprint density at radius 2 is 2.36 bits per heavy atom. The quantitative estimate of drug-likeness (QED) is 0.376. The van der Waals surface area contributed by atoms with Crippen molar-refractivity contribution in [3.05, 3.63) is 23.4 Å². The molecule has 0 saturated carbocycles. The average molecular weight is 153 g/mol. The number of isocyanates is 1. The van der Waals surface area contributed by atoms with Crippen LogP contribution in [0.4, 0.5) is 0 Å². The van der Waals surface area contributed by atoms with Crippen molar-refractivity contribution in [3.63, 3.8) is 0 Å². The first-order valence-electron chi connectivity index (χ1n) is 3.28. The van der Waals surface area contributed by atoms with Crippen LogP contribution in [0, 0.1) is 0 Å². The number of nitrogens with zero attached hydrogens (tertiary/aromatic N) is 1. The summed E-state index contributed by atoms with van der Waals surface area (Å²) in [5.74, 6) is 0. The third kappa shape index (κ3) is 3.50. The summed E-state index contributed by atoms with van der Waals surface area (Å²) in [6.07, 6.45) is 4.71. The van der Waals surface area contributed by atoms with Gasteiger partial charge in [-0.15, -0.1) is 0 Å². The van der Waals surface area contributed by atoms with Gasteiger partial charge in [-0.2, -0.15) is 4.99 Å².